The van der Waals surface area contributed by atoms with Gasteiger partial charge in [0.05, 0.1) is 12.8 Å². The van der Waals surface area contributed by atoms with Crippen molar-refractivity contribution in [3.63, 3.8) is 0 Å². The zero-order valence-corrected chi connectivity index (χ0v) is 10.3. The van der Waals surface area contributed by atoms with Gasteiger partial charge in [0.1, 0.15) is 11.8 Å². The largest absolute Gasteiger partial charge is 0.496 e. The molecule has 2 rings (SSSR count). The van der Waals surface area contributed by atoms with Crippen molar-refractivity contribution < 1.29 is 4.74 Å². The molecule has 1 aromatic carbocycles. The minimum atomic E-state index is -0.204. The molecule has 0 radical (unpaired) electrons. The molecule has 1 unspecified atom stereocenters. The van der Waals surface area contributed by atoms with Crippen LogP contribution in [0.3, 0.4) is 0 Å². The number of nitrogens with zero attached hydrogens (tertiary/aromatic N) is 3. The van der Waals surface area contributed by atoms with E-state index >= 15 is 0 Å². The standard InChI is InChI=1S/C13H14N4O/c1-9(15)13-10(4-3-5-11(13)18-2)17-7-6-16-12(17)8-14/h3-7,9H,15H2,1-2H3. The minimum Gasteiger partial charge on any atom is -0.496 e. The number of imidazole rings is 1. The van der Waals surface area contributed by atoms with E-state index in [2.05, 4.69) is 4.98 Å². The molecule has 5 nitrogen and oxygen atoms in total. The molecular formula is C13H14N4O. The van der Waals surface area contributed by atoms with E-state index in [9.17, 15) is 0 Å². The maximum Gasteiger partial charge on any atom is 0.217 e. The van der Waals surface area contributed by atoms with Crippen LogP contribution in [0.5, 0.6) is 5.75 Å². The molecule has 2 N–H and O–H groups in total. The monoisotopic (exact) mass is 242 g/mol. The van der Waals surface area contributed by atoms with Gasteiger partial charge in [-0.15, -0.1) is 0 Å². The first-order valence-corrected chi connectivity index (χ1v) is 5.55. The fourth-order valence-corrected chi connectivity index (χ4v) is 1.96. The van der Waals surface area contributed by atoms with Crippen molar-refractivity contribution in [2.24, 2.45) is 5.73 Å². The van der Waals surface area contributed by atoms with E-state index in [1.807, 2.05) is 31.2 Å². The summed E-state index contributed by atoms with van der Waals surface area (Å²) in [5.74, 6) is 1.03. The van der Waals surface area contributed by atoms with E-state index in [4.69, 9.17) is 15.7 Å². The number of rotatable bonds is 3. The van der Waals surface area contributed by atoms with Gasteiger partial charge >= 0.3 is 0 Å². The van der Waals surface area contributed by atoms with Crippen LogP contribution < -0.4 is 10.5 Å². The summed E-state index contributed by atoms with van der Waals surface area (Å²) in [4.78, 5) is 3.99. The van der Waals surface area contributed by atoms with Crippen molar-refractivity contribution in [1.29, 1.82) is 5.26 Å². The lowest BCUT2D eigenvalue weighted by molar-refractivity contribution is 0.406. The van der Waals surface area contributed by atoms with Gasteiger partial charge in [-0.3, -0.25) is 4.57 Å². The first kappa shape index (κ1) is 12.1. The second-order valence-electron chi connectivity index (χ2n) is 3.91. The minimum absolute atomic E-state index is 0.204. The fourth-order valence-electron chi connectivity index (χ4n) is 1.96. The summed E-state index contributed by atoms with van der Waals surface area (Å²) < 4.78 is 7.03. The number of ether oxygens (including phenoxy) is 1. The van der Waals surface area contributed by atoms with Crippen LogP contribution in [0, 0.1) is 11.3 Å². The van der Waals surface area contributed by atoms with Gasteiger partial charge in [-0.25, -0.2) is 4.98 Å². The number of nitriles is 1. The van der Waals surface area contributed by atoms with Crippen LogP contribution in [0.25, 0.3) is 5.69 Å². The molecule has 0 saturated heterocycles. The second-order valence-corrected chi connectivity index (χ2v) is 3.91. The van der Waals surface area contributed by atoms with E-state index in [1.165, 1.54) is 0 Å². The summed E-state index contributed by atoms with van der Waals surface area (Å²) in [5, 5.41) is 9.03. The van der Waals surface area contributed by atoms with E-state index < -0.39 is 0 Å². The number of hydrogen-bond acceptors (Lipinski definition) is 4. The Balaban J connectivity index is 2.68. The van der Waals surface area contributed by atoms with Gasteiger partial charge in [0.25, 0.3) is 0 Å². The molecule has 0 fully saturated rings. The molecule has 1 atom stereocenters. The second kappa shape index (κ2) is 4.90. The highest BCUT2D eigenvalue weighted by Crippen LogP contribution is 2.30. The van der Waals surface area contributed by atoms with Crippen molar-refractivity contribution in [3.05, 3.63) is 42.0 Å². The lowest BCUT2D eigenvalue weighted by Crippen LogP contribution is -2.12. The summed E-state index contributed by atoms with van der Waals surface area (Å²) >= 11 is 0. The number of methoxy groups -OCH3 is 1. The van der Waals surface area contributed by atoms with Crippen molar-refractivity contribution in [1.82, 2.24) is 9.55 Å². The first-order valence-electron chi connectivity index (χ1n) is 5.55. The van der Waals surface area contributed by atoms with Crippen molar-refractivity contribution in [2.45, 2.75) is 13.0 Å². The summed E-state index contributed by atoms with van der Waals surface area (Å²) in [6.45, 7) is 1.88. The third-order valence-electron chi connectivity index (χ3n) is 2.72. The Kier molecular flexibility index (Phi) is 3.31. The molecular weight excluding hydrogens is 228 g/mol. The van der Waals surface area contributed by atoms with E-state index in [0.717, 1.165) is 11.3 Å². The van der Waals surface area contributed by atoms with E-state index in [0.29, 0.717) is 11.6 Å². The quantitative estimate of drug-likeness (QED) is 0.889. The van der Waals surface area contributed by atoms with Crippen molar-refractivity contribution in [3.8, 4) is 17.5 Å². The molecule has 0 saturated carbocycles. The molecule has 2 aromatic rings. The number of aromatic nitrogens is 2. The molecule has 1 heterocycles. The highest BCUT2D eigenvalue weighted by molar-refractivity contribution is 5.52. The number of nitrogens with two attached hydrogens (primary N) is 1. The number of hydrogen-bond donors (Lipinski definition) is 1. The van der Waals surface area contributed by atoms with Crippen molar-refractivity contribution in [2.75, 3.05) is 7.11 Å². The molecule has 0 aliphatic carbocycles. The Bertz CT molecular complexity index is 595. The molecule has 0 bridgehead atoms. The van der Waals surface area contributed by atoms with Gasteiger partial charge in [-0.05, 0) is 19.1 Å². The molecule has 5 heteroatoms. The van der Waals surface area contributed by atoms with E-state index in [-0.39, 0.29) is 6.04 Å². The average molecular weight is 242 g/mol. The number of benzene rings is 1. The van der Waals surface area contributed by atoms with Crippen LogP contribution in [0.4, 0.5) is 0 Å². The summed E-state index contributed by atoms with van der Waals surface area (Å²) in [6, 6.07) is 7.45. The summed E-state index contributed by atoms with van der Waals surface area (Å²) in [5.41, 5.74) is 7.67. The normalized spacial score (nSPS) is 11.9. The Morgan fingerprint density at radius 3 is 2.89 bits per heavy atom. The van der Waals surface area contributed by atoms with Crippen LogP contribution >= 0.6 is 0 Å². The van der Waals surface area contributed by atoms with Crippen LogP contribution in [0.2, 0.25) is 0 Å². The van der Waals surface area contributed by atoms with E-state index in [1.54, 1.807) is 24.1 Å². The van der Waals surface area contributed by atoms with Gasteiger partial charge in [-0.2, -0.15) is 5.26 Å². The molecule has 1 aromatic heterocycles. The Labute approximate surface area is 105 Å². The molecule has 18 heavy (non-hydrogen) atoms. The smallest absolute Gasteiger partial charge is 0.217 e. The van der Waals surface area contributed by atoms with Gasteiger partial charge in [0.2, 0.25) is 5.82 Å². The molecule has 0 amide bonds. The van der Waals surface area contributed by atoms with Gasteiger partial charge in [0, 0.05) is 24.0 Å². The molecule has 0 aliphatic rings. The van der Waals surface area contributed by atoms with Crippen LogP contribution in [0.15, 0.2) is 30.6 Å². The zero-order chi connectivity index (χ0) is 13.1. The third-order valence-corrected chi connectivity index (χ3v) is 2.72. The molecule has 0 aliphatic heterocycles. The van der Waals surface area contributed by atoms with Gasteiger partial charge in [0.15, 0.2) is 0 Å². The summed E-state index contributed by atoms with van der Waals surface area (Å²) in [6.07, 6.45) is 3.32. The predicted octanol–water partition coefficient (Wildman–Crippen LogP) is 1.77. The fraction of sp³-hybridized carbons (Fsp3) is 0.231. The maximum atomic E-state index is 9.03. The summed E-state index contributed by atoms with van der Waals surface area (Å²) in [7, 11) is 1.60. The Hall–Kier alpha value is -2.32. The maximum absolute atomic E-state index is 9.03. The van der Waals surface area contributed by atoms with Gasteiger partial charge < -0.3 is 10.5 Å². The Morgan fingerprint density at radius 1 is 1.50 bits per heavy atom. The SMILES string of the molecule is COc1cccc(-n2ccnc2C#N)c1C(C)N. The predicted molar refractivity (Wildman–Crippen MR) is 67.4 cm³/mol. The van der Waals surface area contributed by atoms with Crippen LogP contribution in [-0.2, 0) is 0 Å². The third kappa shape index (κ3) is 1.94. The topological polar surface area (TPSA) is 76.9 Å². The highest BCUT2D eigenvalue weighted by Gasteiger charge is 2.16. The molecule has 92 valence electrons. The van der Waals surface area contributed by atoms with Crippen LogP contribution in [-0.4, -0.2) is 16.7 Å². The molecule has 0 spiro atoms. The lowest BCUT2D eigenvalue weighted by atomic mass is 10.1. The Morgan fingerprint density at radius 2 is 2.28 bits per heavy atom. The zero-order valence-electron chi connectivity index (χ0n) is 10.3. The average Bonchev–Trinajstić information content (AvgIpc) is 2.85. The van der Waals surface area contributed by atoms with Gasteiger partial charge in [-0.1, -0.05) is 6.07 Å². The first-order chi connectivity index (χ1) is 8.69. The lowest BCUT2D eigenvalue weighted by Gasteiger charge is -2.17. The van der Waals surface area contributed by atoms with Crippen molar-refractivity contribution >= 4 is 0 Å². The highest BCUT2D eigenvalue weighted by atomic mass is 16.5. The van der Waals surface area contributed by atoms with Crippen LogP contribution in [0.1, 0.15) is 24.4 Å².